The predicted octanol–water partition coefficient (Wildman–Crippen LogP) is 1.76. The van der Waals surface area contributed by atoms with Crippen LogP contribution < -0.4 is 10.6 Å². The van der Waals surface area contributed by atoms with Crippen LogP contribution in [0.3, 0.4) is 0 Å². The van der Waals surface area contributed by atoms with Crippen molar-refractivity contribution >= 4 is 5.96 Å². The van der Waals surface area contributed by atoms with Gasteiger partial charge in [-0.15, -0.1) is 0 Å². The number of nitrogens with zero attached hydrogens (tertiary/aromatic N) is 3. The van der Waals surface area contributed by atoms with Crippen LogP contribution in [0.15, 0.2) is 4.99 Å². The number of guanidine groups is 1. The van der Waals surface area contributed by atoms with Gasteiger partial charge in [-0.25, -0.2) is 0 Å². The molecule has 2 aliphatic rings. The summed E-state index contributed by atoms with van der Waals surface area (Å²) in [6.45, 7) is 11.4. The molecule has 0 aromatic heterocycles. The van der Waals surface area contributed by atoms with Crippen molar-refractivity contribution < 1.29 is 0 Å². The smallest absolute Gasteiger partial charge is 0.191 e. The first-order chi connectivity index (χ1) is 11.1. The number of likely N-dealkylation sites (tertiary alicyclic amines) is 2. The van der Waals surface area contributed by atoms with E-state index in [9.17, 15) is 0 Å². The lowest BCUT2D eigenvalue weighted by atomic mass is 9.84. The number of piperidine rings is 2. The van der Waals surface area contributed by atoms with Crippen LogP contribution in [-0.2, 0) is 0 Å². The van der Waals surface area contributed by atoms with Crippen LogP contribution in [0.25, 0.3) is 0 Å². The number of aliphatic imine (C=N–C) groups is 1. The van der Waals surface area contributed by atoms with Crippen LogP contribution in [0, 0.1) is 5.92 Å². The first-order valence-corrected chi connectivity index (χ1v) is 9.44. The van der Waals surface area contributed by atoms with Crippen molar-refractivity contribution in [2.45, 2.75) is 51.5 Å². The highest BCUT2D eigenvalue weighted by atomic mass is 15.3. The summed E-state index contributed by atoms with van der Waals surface area (Å²) in [6.07, 6.45) is 6.64. The number of hydrogen-bond acceptors (Lipinski definition) is 3. The third-order valence-corrected chi connectivity index (χ3v) is 5.43. The van der Waals surface area contributed by atoms with E-state index in [0.717, 1.165) is 19.0 Å². The topological polar surface area (TPSA) is 42.9 Å². The molecule has 0 atom stereocenters. The minimum absolute atomic E-state index is 0.308. The van der Waals surface area contributed by atoms with E-state index in [0.29, 0.717) is 11.5 Å². The molecule has 2 fully saturated rings. The van der Waals surface area contributed by atoms with Crippen LogP contribution >= 0.6 is 0 Å². The zero-order valence-electron chi connectivity index (χ0n) is 15.7. The number of rotatable bonds is 5. The predicted molar refractivity (Wildman–Crippen MR) is 99.1 cm³/mol. The second kappa shape index (κ2) is 8.88. The van der Waals surface area contributed by atoms with Crippen molar-refractivity contribution in [1.29, 1.82) is 0 Å². The van der Waals surface area contributed by atoms with Gasteiger partial charge >= 0.3 is 0 Å². The Morgan fingerprint density at radius 1 is 1.04 bits per heavy atom. The highest BCUT2D eigenvalue weighted by Crippen LogP contribution is 2.30. The van der Waals surface area contributed by atoms with Gasteiger partial charge in [-0.05, 0) is 64.8 Å². The molecule has 2 heterocycles. The molecule has 2 saturated heterocycles. The molecule has 5 heteroatoms. The molecule has 0 saturated carbocycles. The average Bonchev–Trinajstić information content (AvgIpc) is 2.57. The van der Waals surface area contributed by atoms with Crippen molar-refractivity contribution in [2.24, 2.45) is 10.9 Å². The van der Waals surface area contributed by atoms with Gasteiger partial charge in [-0.1, -0.05) is 20.3 Å². The van der Waals surface area contributed by atoms with E-state index < -0.39 is 0 Å². The minimum Gasteiger partial charge on any atom is -0.356 e. The van der Waals surface area contributed by atoms with Crippen LogP contribution in [0.5, 0.6) is 0 Å². The van der Waals surface area contributed by atoms with Crippen molar-refractivity contribution in [3.63, 3.8) is 0 Å². The Bertz CT molecular complexity index is 366. The van der Waals surface area contributed by atoms with Gasteiger partial charge in [0, 0.05) is 25.7 Å². The van der Waals surface area contributed by atoms with E-state index in [1.807, 2.05) is 7.05 Å². The lowest BCUT2D eigenvalue weighted by Gasteiger charge is -2.50. The molecule has 5 nitrogen and oxygen atoms in total. The first kappa shape index (κ1) is 18.5. The number of hydrogen-bond donors (Lipinski definition) is 2. The van der Waals surface area contributed by atoms with Crippen LogP contribution in [0.1, 0.15) is 46.0 Å². The zero-order valence-corrected chi connectivity index (χ0v) is 15.7. The highest BCUT2D eigenvalue weighted by Gasteiger charge is 2.39. The maximum Gasteiger partial charge on any atom is 0.191 e. The fourth-order valence-electron chi connectivity index (χ4n) is 3.78. The molecular weight excluding hydrogens is 286 g/mol. The Hall–Kier alpha value is -0.810. The Morgan fingerprint density at radius 2 is 1.70 bits per heavy atom. The fraction of sp³-hybridized carbons (Fsp3) is 0.944. The van der Waals surface area contributed by atoms with Gasteiger partial charge in [0.2, 0.25) is 0 Å². The average molecular weight is 324 g/mol. The van der Waals surface area contributed by atoms with Crippen molar-refractivity contribution in [3.05, 3.63) is 0 Å². The fourth-order valence-corrected chi connectivity index (χ4v) is 3.78. The third-order valence-electron chi connectivity index (χ3n) is 5.43. The standard InChI is InChI=1S/C18H37N5/c1-16(2)14-20-17(19-3)21-15-18(8-12-22(4)13-9-18)23-10-6-5-7-11-23/h16H,5-15H2,1-4H3,(H2,19,20,21). The van der Waals surface area contributed by atoms with E-state index in [4.69, 9.17) is 0 Å². The Kier molecular flexibility index (Phi) is 7.15. The molecule has 0 aliphatic carbocycles. The van der Waals surface area contributed by atoms with Crippen molar-refractivity contribution in [1.82, 2.24) is 20.4 Å². The molecule has 2 N–H and O–H groups in total. The Morgan fingerprint density at radius 3 is 2.26 bits per heavy atom. The quantitative estimate of drug-likeness (QED) is 0.598. The summed E-state index contributed by atoms with van der Waals surface area (Å²) < 4.78 is 0. The summed E-state index contributed by atoms with van der Waals surface area (Å²) >= 11 is 0. The summed E-state index contributed by atoms with van der Waals surface area (Å²) in [5.41, 5.74) is 0.308. The van der Waals surface area contributed by atoms with E-state index in [-0.39, 0.29) is 0 Å². The largest absolute Gasteiger partial charge is 0.356 e. The van der Waals surface area contributed by atoms with Gasteiger partial charge in [0.15, 0.2) is 5.96 Å². The molecule has 0 amide bonds. The SMILES string of the molecule is CN=C(NCC(C)C)NCC1(N2CCCCC2)CCN(C)CC1. The van der Waals surface area contributed by atoms with Crippen LogP contribution in [0.4, 0.5) is 0 Å². The Balaban J connectivity index is 1.97. The maximum atomic E-state index is 4.40. The molecule has 0 radical (unpaired) electrons. The molecule has 0 bridgehead atoms. The molecule has 0 aromatic carbocycles. The summed E-state index contributed by atoms with van der Waals surface area (Å²) in [5.74, 6) is 1.59. The molecule has 23 heavy (non-hydrogen) atoms. The maximum absolute atomic E-state index is 4.40. The van der Waals surface area contributed by atoms with E-state index in [1.165, 1.54) is 58.3 Å². The minimum atomic E-state index is 0.308. The van der Waals surface area contributed by atoms with E-state index >= 15 is 0 Å². The van der Waals surface area contributed by atoms with E-state index in [1.54, 1.807) is 0 Å². The van der Waals surface area contributed by atoms with Crippen LogP contribution in [0.2, 0.25) is 0 Å². The monoisotopic (exact) mass is 323 g/mol. The van der Waals surface area contributed by atoms with E-state index in [2.05, 4.69) is 46.3 Å². The van der Waals surface area contributed by atoms with Gasteiger partial charge < -0.3 is 15.5 Å². The second-order valence-electron chi connectivity index (χ2n) is 7.78. The summed E-state index contributed by atoms with van der Waals surface area (Å²) in [6, 6.07) is 0. The van der Waals surface area contributed by atoms with Gasteiger partial charge in [-0.3, -0.25) is 9.89 Å². The number of nitrogens with one attached hydrogen (secondary N) is 2. The van der Waals surface area contributed by atoms with Crippen molar-refractivity contribution in [3.8, 4) is 0 Å². The van der Waals surface area contributed by atoms with Gasteiger partial charge in [-0.2, -0.15) is 0 Å². The molecule has 2 aliphatic heterocycles. The molecule has 2 rings (SSSR count). The molecule has 0 spiro atoms. The molecule has 0 aromatic rings. The lowest BCUT2D eigenvalue weighted by molar-refractivity contribution is 0.0173. The van der Waals surface area contributed by atoms with Gasteiger partial charge in [0.05, 0.1) is 0 Å². The lowest BCUT2D eigenvalue weighted by Crippen LogP contribution is -2.62. The van der Waals surface area contributed by atoms with Gasteiger partial charge in [0.25, 0.3) is 0 Å². The normalized spacial score (nSPS) is 24.0. The molecular formula is C18H37N5. The van der Waals surface area contributed by atoms with Crippen molar-refractivity contribution in [2.75, 3.05) is 53.4 Å². The molecule has 134 valence electrons. The second-order valence-corrected chi connectivity index (χ2v) is 7.78. The van der Waals surface area contributed by atoms with Crippen LogP contribution in [-0.4, -0.2) is 74.7 Å². The highest BCUT2D eigenvalue weighted by molar-refractivity contribution is 5.79. The summed E-state index contributed by atoms with van der Waals surface area (Å²) in [4.78, 5) is 9.64. The summed E-state index contributed by atoms with van der Waals surface area (Å²) in [5, 5.41) is 7.07. The third kappa shape index (κ3) is 5.35. The van der Waals surface area contributed by atoms with Gasteiger partial charge in [0.1, 0.15) is 0 Å². The first-order valence-electron chi connectivity index (χ1n) is 9.44. The molecule has 0 unspecified atom stereocenters. The summed E-state index contributed by atoms with van der Waals surface area (Å²) in [7, 11) is 4.12. The zero-order chi connectivity index (χ0) is 16.7. The Labute approximate surface area is 142 Å².